The molecule has 0 amide bonds. The van der Waals surface area contributed by atoms with E-state index in [4.69, 9.17) is 0 Å². The summed E-state index contributed by atoms with van der Waals surface area (Å²) < 4.78 is 0. The summed E-state index contributed by atoms with van der Waals surface area (Å²) in [6, 6.07) is 0. The maximum atomic E-state index is 11.7. The summed E-state index contributed by atoms with van der Waals surface area (Å²) in [5, 5.41) is 9.62. The van der Waals surface area contributed by atoms with Crippen LogP contribution in [-0.4, -0.2) is 35.6 Å². The second kappa shape index (κ2) is 4.47. The zero-order valence-electron chi connectivity index (χ0n) is 12.4. The van der Waals surface area contributed by atoms with Crippen molar-refractivity contribution in [3.05, 3.63) is 0 Å². The van der Waals surface area contributed by atoms with Gasteiger partial charge in [-0.3, -0.25) is 9.69 Å². The summed E-state index contributed by atoms with van der Waals surface area (Å²) in [5.41, 5.74) is -0.694. The molecule has 0 radical (unpaired) electrons. The smallest absolute Gasteiger partial charge is 0.323 e. The van der Waals surface area contributed by atoms with Crippen LogP contribution < -0.4 is 0 Å². The minimum absolute atomic E-state index is 0.649. The Morgan fingerprint density at radius 2 is 1.58 bits per heavy atom. The number of hydrogen-bond acceptors (Lipinski definition) is 2. The molecule has 0 aliphatic heterocycles. The first-order chi connectivity index (χ1) is 8.90. The van der Waals surface area contributed by atoms with E-state index in [2.05, 4.69) is 0 Å². The summed E-state index contributed by atoms with van der Waals surface area (Å²) in [5.74, 6) is 3.55. The van der Waals surface area contributed by atoms with Crippen molar-refractivity contribution >= 4 is 5.97 Å². The van der Waals surface area contributed by atoms with Crippen molar-refractivity contribution in [3.8, 4) is 0 Å². The molecule has 3 nitrogen and oxygen atoms in total. The Morgan fingerprint density at radius 1 is 1.11 bits per heavy atom. The number of carbonyl (C=O) groups is 1. The Morgan fingerprint density at radius 3 is 1.95 bits per heavy atom. The van der Waals surface area contributed by atoms with Gasteiger partial charge in [0.25, 0.3) is 0 Å². The molecule has 3 heteroatoms. The highest BCUT2D eigenvalue weighted by molar-refractivity contribution is 5.78. The van der Waals surface area contributed by atoms with Crippen LogP contribution in [0.25, 0.3) is 0 Å². The first kappa shape index (κ1) is 13.4. The predicted molar refractivity (Wildman–Crippen MR) is 74.9 cm³/mol. The van der Waals surface area contributed by atoms with Gasteiger partial charge < -0.3 is 5.11 Å². The molecule has 1 atom stereocenters. The number of nitrogens with zero attached hydrogens (tertiary/aromatic N) is 1. The predicted octanol–water partition coefficient (Wildman–Crippen LogP) is 2.85. The Balaban J connectivity index is 1.78. The van der Waals surface area contributed by atoms with Gasteiger partial charge in [-0.15, -0.1) is 0 Å². The van der Waals surface area contributed by atoms with Crippen molar-refractivity contribution in [1.29, 1.82) is 0 Å². The summed E-state index contributed by atoms with van der Waals surface area (Å²) >= 11 is 0. The van der Waals surface area contributed by atoms with Crippen LogP contribution in [0.15, 0.2) is 0 Å². The molecule has 4 aliphatic carbocycles. The number of likely N-dealkylation sites (N-methyl/N-ethyl adjacent to an activating group) is 1. The van der Waals surface area contributed by atoms with E-state index >= 15 is 0 Å². The van der Waals surface area contributed by atoms with Crippen molar-refractivity contribution in [2.24, 2.45) is 29.6 Å². The fraction of sp³-hybridized carbons (Fsp3) is 0.938. The van der Waals surface area contributed by atoms with E-state index in [-0.39, 0.29) is 0 Å². The van der Waals surface area contributed by atoms with Gasteiger partial charge in [0.15, 0.2) is 0 Å². The standard InChI is InChI=1S/C16H27NO2/c1-16(15(18)19,17(2)3)9-14-12-5-10-4-11(7-12)8-13(14)6-10/h10-14H,4-9H2,1-3H3,(H,18,19). The van der Waals surface area contributed by atoms with E-state index in [0.717, 1.165) is 30.1 Å². The minimum atomic E-state index is -0.694. The second-order valence-electron chi connectivity index (χ2n) is 7.77. The quantitative estimate of drug-likeness (QED) is 0.849. The monoisotopic (exact) mass is 265 g/mol. The highest BCUT2D eigenvalue weighted by atomic mass is 16.4. The highest BCUT2D eigenvalue weighted by Gasteiger charge is 2.51. The molecule has 1 unspecified atom stereocenters. The van der Waals surface area contributed by atoms with Crippen molar-refractivity contribution in [2.75, 3.05) is 14.1 Å². The Bertz CT molecular complexity index is 351. The molecule has 4 rings (SSSR count). The topological polar surface area (TPSA) is 40.5 Å². The molecular formula is C16H27NO2. The van der Waals surface area contributed by atoms with E-state index in [1.165, 1.54) is 32.1 Å². The molecule has 108 valence electrons. The number of rotatable bonds is 4. The summed E-state index contributed by atoms with van der Waals surface area (Å²) in [6.07, 6.45) is 7.80. The average molecular weight is 265 g/mol. The number of aliphatic carboxylic acids is 1. The average Bonchev–Trinajstić information content (AvgIpc) is 2.32. The van der Waals surface area contributed by atoms with Gasteiger partial charge in [-0.2, -0.15) is 0 Å². The third kappa shape index (κ3) is 2.10. The molecule has 19 heavy (non-hydrogen) atoms. The lowest BCUT2D eigenvalue weighted by molar-refractivity contribution is -0.152. The molecule has 0 saturated heterocycles. The zero-order valence-corrected chi connectivity index (χ0v) is 12.4. The van der Waals surface area contributed by atoms with Crippen molar-refractivity contribution in [3.63, 3.8) is 0 Å². The van der Waals surface area contributed by atoms with Gasteiger partial charge in [-0.1, -0.05) is 0 Å². The Kier molecular flexibility index (Phi) is 3.16. The van der Waals surface area contributed by atoms with Crippen molar-refractivity contribution in [2.45, 2.75) is 51.0 Å². The molecule has 4 bridgehead atoms. The maximum absolute atomic E-state index is 11.7. The van der Waals surface area contributed by atoms with Gasteiger partial charge in [-0.05, 0) is 89.1 Å². The summed E-state index contributed by atoms with van der Waals surface area (Å²) in [6.45, 7) is 1.90. The van der Waals surface area contributed by atoms with E-state index in [0.29, 0.717) is 5.92 Å². The first-order valence-electron chi connectivity index (χ1n) is 7.81. The molecule has 0 aromatic carbocycles. The van der Waals surface area contributed by atoms with Crippen LogP contribution in [0.3, 0.4) is 0 Å². The third-order valence-electron chi connectivity index (χ3n) is 6.50. The summed E-state index contributed by atoms with van der Waals surface area (Å²) in [7, 11) is 3.81. The SMILES string of the molecule is CN(C)C(C)(CC1C2CC3CC(C2)CC1C3)C(=O)O. The summed E-state index contributed by atoms with van der Waals surface area (Å²) in [4.78, 5) is 13.6. The fourth-order valence-electron chi connectivity index (χ4n) is 5.29. The lowest BCUT2D eigenvalue weighted by Crippen LogP contribution is -2.54. The van der Waals surface area contributed by atoms with Crippen LogP contribution >= 0.6 is 0 Å². The third-order valence-corrected chi connectivity index (χ3v) is 6.50. The Hall–Kier alpha value is -0.570. The van der Waals surface area contributed by atoms with E-state index < -0.39 is 11.5 Å². The maximum Gasteiger partial charge on any atom is 0.323 e. The molecule has 0 aromatic rings. The van der Waals surface area contributed by atoms with E-state index in [9.17, 15) is 9.90 Å². The van der Waals surface area contributed by atoms with Gasteiger partial charge >= 0.3 is 5.97 Å². The van der Waals surface area contributed by atoms with Crippen LogP contribution in [0, 0.1) is 29.6 Å². The first-order valence-corrected chi connectivity index (χ1v) is 7.81. The Labute approximate surface area is 116 Å². The van der Waals surface area contributed by atoms with E-state index in [1.807, 2.05) is 25.9 Å². The van der Waals surface area contributed by atoms with Crippen LogP contribution in [0.4, 0.5) is 0 Å². The van der Waals surface area contributed by atoms with Crippen molar-refractivity contribution < 1.29 is 9.90 Å². The number of hydrogen-bond donors (Lipinski definition) is 1. The zero-order chi connectivity index (χ0) is 13.8. The van der Waals surface area contributed by atoms with Crippen LogP contribution in [-0.2, 0) is 4.79 Å². The molecule has 0 spiro atoms. The number of carboxylic acids is 1. The normalized spacial score (nSPS) is 43.5. The van der Waals surface area contributed by atoms with Gasteiger partial charge in [0.1, 0.15) is 5.54 Å². The van der Waals surface area contributed by atoms with Crippen molar-refractivity contribution in [1.82, 2.24) is 4.90 Å². The minimum Gasteiger partial charge on any atom is -0.480 e. The van der Waals surface area contributed by atoms with Gasteiger partial charge in [0.2, 0.25) is 0 Å². The largest absolute Gasteiger partial charge is 0.480 e. The lowest BCUT2D eigenvalue weighted by atomic mass is 9.50. The van der Waals surface area contributed by atoms with Gasteiger partial charge in [-0.25, -0.2) is 0 Å². The molecule has 0 heterocycles. The number of carboxylic acid groups (broad SMARTS) is 1. The fourth-order valence-corrected chi connectivity index (χ4v) is 5.29. The lowest BCUT2D eigenvalue weighted by Gasteiger charge is -2.56. The molecule has 1 N–H and O–H groups in total. The van der Waals surface area contributed by atoms with Crippen LogP contribution in [0.5, 0.6) is 0 Å². The molecule has 4 fully saturated rings. The molecule has 4 aliphatic rings. The molecule has 0 aromatic heterocycles. The second-order valence-corrected chi connectivity index (χ2v) is 7.77. The van der Waals surface area contributed by atoms with E-state index in [1.54, 1.807) is 0 Å². The molecular weight excluding hydrogens is 238 g/mol. The van der Waals surface area contributed by atoms with Crippen LogP contribution in [0.2, 0.25) is 0 Å². The molecule has 4 saturated carbocycles. The van der Waals surface area contributed by atoms with Gasteiger partial charge in [0.05, 0.1) is 0 Å². The van der Waals surface area contributed by atoms with Crippen LogP contribution in [0.1, 0.15) is 45.4 Å². The van der Waals surface area contributed by atoms with Gasteiger partial charge in [0, 0.05) is 0 Å². The highest BCUT2D eigenvalue weighted by Crippen LogP contribution is 2.58.